The molecule has 0 aliphatic carbocycles. The van der Waals surface area contributed by atoms with Crippen molar-refractivity contribution in [1.82, 2.24) is 5.32 Å². The molecule has 1 atom stereocenters. The molecule has 0 saturated heterocycles. The summed E-state index contributed by atoms with van der Waals surface area (Å²) in [5, 5.41) is 2.89. The van der Waals surface area contributed by atoms with Crippen molar-refractivity contribution < 1.29 is 13.2 Å². The van der Waals surface area contributed by atoms with Crippen LogP contribution in [0.3, 0.4) is 0 Å². The highest BCUT2D eigenvalue weighted by atomic mass is 19.4. The van der Waals surface area contributed by atoms with Crippen LogP contribution >= 0.6 is 0 Å². The van der Waals surface area contributed by atoms with Crippen LogP contribution in [0.1, 0.15) is 45.4 Å². The minimum absolute atomic E-state index is 0.482. The van der Waals surface area contributed by atoms with Crippen LogP contribution in [0.25, 0.3) is 0 Å². The Kier molecular flexibility index (Phi) is 8.66. The molecule has 2 nitrogen and oxygen atoms in total. The summed E-state index contributed by atoms with van der Waals surface area (Å²) in [6, 6.07) is -0.482. The predicted octanol–water partition coefficient (Wildman–Crippen LogP) is 2.83. The van der Waals surface area contributed by atoms with Gasteiger partial charge in [-0.3, -0.25) is 0 Å². The van der Waals surface area contributed by atoms with E-state index in [1.165, 1.54) is 0 Å². The van der Waals surface area contributed by atoms with Crippen LogP contribution in [0.5, 0.6) is 0 Å². The predicted molar refractivity (Wildman–Crippen MR) is 60.3 cm³/mol. The van der Waals surface area contributed by atoms with Gasteiger partial charge in [-0.05, 0) is 32.9 Å². The zero-order chi connectivity index (χ0) is 12.4. The molecule has 0 aliphatic rings. The summed E-state index contributed by atoms with van der Waals surface area (Å²) < 4.78 is 35.9. The number of nitrogens with two attached hydrogens (primary N) is 1. The van der Waals surface area contributed by atoms with Crippen molar-refractivity contribution in [2.75, 3.05) is 13.1 Å². The smallest absolute Gasteiger partial charge is 0.330 e. The van der Waals surface area contributed by atoms with E-state index < -0.39 is 18.6 Å². The van der Waals surface area contributed by atoms with Gasteiger partial charge >= 0.3 is 6.18 Å². The minimum atomic E-state index is -4.06. The molecule has 0 amide bonds. The highest BCUT2D eigenvalue weighted by Crippen LogP contribution is 2.21. The van der Waals surface area contributed by atoms with Gasteiger partial charge in [0.2, 0.25) is 0 Å². The molecule has 98 valence electrons. The van der Waals surface area contributed by atoms with E-state index in [0.717, 1.165) is 38.6 Å². The highest BCUT2D eigenvalue weighted by molar-refractivity contribution is 4.65. The molecule has 0 saturated carbocycles. The zero-order valence-corrected chi connectivity index (χ0v) is 9.95. The first-order valence-electron chi connectivity index (χ1n) is 5.96. The monoisotopic (exact) mass is 240 g/mol. The number of hydrogen-bond acceptors (Lipinski definition) is 2. The molecular weight excluding hydrogens is 217 g/mol. The summed E-state index contributed by atoms with van der Waals surface area (Å²) in [7, 11) is 0. The van der Waals surface area contributed by atoms with E-state index in [1.807, 2.05) is 0 Å². The molecule has 5 heteroatoms. The van der Waals surface area contributed by atoms with Crippen molar-refractivity contribution in [3.8, 4) is 0 Å². The fourth-order valence-corrected chi connectivity index (χ4v) is 1.57. The third kappa shape index (κ3) is 11.8. The molecule has 0 aliphatic heterocycles. The Balaban J connectivity index is 3.25. The average molecular weight is 240 g/mol. The lowest BCUT2D eigenvalue weighted by molar-refractivity contribution is -0.139. The lowest BCUT2D eigenvalue weighted by atomic mass is 10.1. The maximum Gasteiger partial charge on any atom is 0.390 e. The lowest BCUT2D eigenvalue weighted by Crippen LogP contribution is -2.31. The molecule has 0 fully saturated rings. The number of halogens is 3. The Morgan fingerprint density at radius 1 is 1.06 bits per heavy atom. The maximum atomic E-state index is 12.0. The van der Waals surface area contributed by atoms with Crippen LogP contribution in [-0.2, 0) is 0 Å². The maximum absolute atomic E-state index is 12.0. The molecule has 0 aromatic heterocycles. The van der Waals surface area contributed by atoms with E-state index in [-0.39, 0.29) is 0 Å². The summed E-state index contributed by atoms with van der Waals surface area (Å²) >= 11 is 0. The second-order valence-corrected chi connectivity index (χ2v) is 4.23. The number of unbranched alkanes of at least 4 members (excludes halogenated alkanes) is 4. The molecule has 0 bridgehead atoms. The molecule has 0 radical (unpaired) electrons. The van der Waals surface area contributed by atoms with Gasteiger partial charge in [0.05, 0.1) is 6.42 Å². The van der Waals surface area contributed by atoms with E-state index in [0.29, 0.717) is 6.54 Å². The first kappa shape index (κ1) is 15.7. The van der Waals surface area contributed by atoms with Crippen LogP contribution < -0.4 is 11.1 Å². The summed E-state index contributed by atoms with van der Waals surface area (Å²) in [6.45, 7) is 2.96. The third-order valence-corrected chi connectivity index (χ3v) is 2.41. The largest absolute Gasteiger partial charge is 0.390 e. The van der Waals surface area contributed by atoms with Crippen molar-refractivity contribution in [3.05, 3.63) is 0 Å². The molecule has 0 aromatic carbocycles. The second kappa shape index (κ2) is 8.82. The quantitative estimate of drug-likeness (QED) is 0.608. The van der Waals surface area contributed by atoms with Crippen molar-refractivity contribution in [1.29, 1.82) is 0 Å². The number of rotatable bonds is 9. The summed E-state index contributed by atoms with van der Waals surface area (Å²) in [5.41, 5.74) is 5.35. The van der Waals surface area contributed by atoms with Gasteiger partial charge in [-0.25, -0.2) is 0 Å². The molecule has 0 heterocycles. The average Bonchev–Trinajstić information content (AvgIpc) is 2.13. The standard InChI is InChI=1S/C11H23F3N2/c1-10(9-11(12,13)14)16-8-6-4-2-3-5-7-15/h10,16H,2-9,15H2,1H3. The van der Waals surface area contributed by atoms with Crippen LogP contribution in [0, 0.1) is 0 Å². The molecular formula is C11H23F3N2. The van der Waals surface area contributed by atoms with Gasteiger partial charge in [0.1, 0.15) is 0 Å². The molecule has 0 rings (SSSR count). The molecule has 3 N–H and O–H groups in total. The van der Waals surface area contributed by atoms with Gasteiger partial charge < -0.3 is 11.1 Å². The van der Waals surface area contributed by atoms with Gasteiger partial charge in [0.25, 0.3) is 0 Å². The van der Waals surface area contributed by atoms with Crippen LogP contribution in [0.15, 0.2) is 0 Å². The van der Waals surface area contributed by atoms with Gasteiger partial charge in [-0.2, -0.15) is 13.2 Å². The van der Waals surface area contributed by atoms with E-state index in [2.05, 4.69) is 5.32 Å². The molecule has 1 unspecified atom stereocenters. The Morgan fingerprint density at radius 3 is 2.19 bits per heavy atom. The fraction of sp³-hybridized carbons (Fsp3) is 1.00. The Hall–Kier alpha value is -0.290. The van der Waals surface area contributed by atoms with Gasteiger partial charge in [-0.15, -0.1) is 0 Å². The van der Waals surface area contributed by atoms with E-state index in [1.54, 1.807) is 6.92 Å². The van der Waals surface area contributed by atoms with Crippen LogP contribution in [0.2, 0.25) is 0 Å². The Morgan fingerprint density at radius 2 is 1.62 bits per heavy atom. The van der Waals surface area contributed by atoms with Crippen molar-refractivity contribution in [2.24, 2.45) is 5.73 Å². The van der Waals surface area contributed by atoms with Crippen molar-refractivity contribution in [3.63, 3.8) is 0 Å². The molecule has 0 spiro atoms. The minimum Gasteiger partial charge on any atom is -0.330 e. The van der Waals surface area contributed by atoms with Crippen molar-refractivity contribution in [2.45, 2.75) is 57.7 Å². The summed E-state index contributed by atoms with van der Waals surface area (Å²) in [5.74, 6) is 0. The van der Waals surface area contributed by atoms with Crippen LogP contribution in [0.4, 0.5) is 13.2 Å². The van der Waals surface area contributed by atoms with E-state index in [4.69, 9.17) is 5.73 Å². The first-order valence-corrected chi connectivity index (χ1v) is 5.96. The third-order valence-electron chi connectivity index (χ3n) is 2.41. The van der Waals surface area contributed by atoms with E-state index in [9.17, 15) is 13.2 Å². The Bertz CT molecular complexity index is 160. The molecule has 0 aromatic rings. The summed E-state index contributed by atoms with van der Waals surface area (Å²) in [4.78, 5) is 0. The van der Waals surface area contributed by atoms with Crippen molar-refractivity contribution >= 4 is 0 Å². The number of alkyl halides is 3. The summed E-state index contributed by atoms with van der Waals surface area (Å²) in [6.07, 6.45) is 0.464. The normalized spacial score (nSPS) is 14.1. The molecule has 16 heavy (non-hydrogen) atoms. The van der Waals surface area contributed by atoms with Gasteiger partial charge in [0.15, 0.2) is 0 Å². The highest BCUT2D eigenvalue weighted by Gasteiger charge is 2.29. The second-order valence-electron chi connectivity index (χ2n) is 4.23. The number of hydrogen-bond donors (Lipinski definition) is 2. The first-order chi connectivity index (χ1) is 7.45. The Labute approximate surface area is 95.8 Å². The van der Waals surface area contributed by atoms with Crippen LogP contribution in [-0.4, -0.2) is 25.3 Å². The fourth-order valence-electron chi connectivity index (χ4n) is 1.57. The van der Waals surface area contributed by atoms with Gasteiger partial charge in [-0.1, -0.05) is 19.3 Å². The lowest BCUT2D eigenvalue weighted by Gasteiger charge is -2.15. The number of nitrogens with one attached hydrogen (secondary N) is 1. The van der Waals surface area contributed by atoms with E-state index >= 15 is 0 Å². The topological polar surface area (TPSA) is 38.0 Å². The SMILES string of the molecule is CC(CC(F)(F)F)NCCCCCCCN. The zero-order valence-electron chi connectivity index (χ0n) is 9.95. The van der Waals surface area contributed by atoms with Gasteiger partial charge in [0, 0.05) is 6.04 Å².